The van der Waals surface area contributed by atoms with E-state index in [4.69, 9.17) is 10.5 Å². The third-order valence-electron chi connectivity index (χ3n) is 3.08. The van der Waals surface area contributed by atoms with Crippen LogP contribution in [0.1, 0.15) is 20.3 Å². The molecule has 5 N–H and O–H groups in total. The number of nitrogens with zero attached hydrogens (tertiary/aromatic N) is 1. The van der Waals surface area contributed by atoms with E-state index in [1.165, 1.54) is 11.7 Å². The van der Waals surface area contributed by atoms with Crippen LogP contribution in [0.2, 0.25) is 0 Å². The molecule has 0 aliphatic heterocycles. The SMILES string of the molecule is COCCn1c(N)c(NC(CO)CC(C)C)c(=O)[nH]c1=O. The Bertz CT molecular complexity index is 564. The summed E-state index contributed by atoms with van der Waals surface area (Å²) in [5.74, 6) is 0.386. The highest BCUT2D eigenvalue weighted by atomic mass is 16.5. The molecule has 1 aromatic rings. The minimum Gasteiger partial charge on any atom is -0.394 e. The molecule has 0 bridgehead atoms. The van der Waals surface area contributed by atoms with Crippen LogP contribution in [-0.4, -0.2) is 41.0 Å². The molecule has 0 aliphatic carbocycles. The number of nitrogens with one attached hydrogen (secondary N) is 2. The minimum atomic E-state index is -0.589. The van der Waals surface area contributed by atoms with E-state index in [2.05, 4.69) is 10.3 Å². The van der Waals surface area contributed by atoms with Gasteiger partial charge in [-0.05, 0) is 12.3 Å². The van der Waals surface area contributed by atoms with Crippen LogP contribution in [0.25, 0.3) is 0 Å². The van der Waals surface area contributed by atoms with Gasteiger partial charge in [0, 0.05) is 13.2 Å². The molecular weight excluding hydrogens is 276 g/mol. The van der Waals surface area contributed by atoms with Gasteiger partial charge in [0.1, 0.15) is 11.5 Å². The van der Waals surface area contributed by atoms with Crippen LogP contribution in [0.5, 0.6) is 0 Å². The largest absolute Gasteiger partial charge is 0.394 e. The lowest BCUT2D eigenvalue weighted by molar-refractivity contribution is 0.186. The maximum absolute atomic E-state index is 11.9. The fourth-order valence-electron chi connectivity index (χ4n) is 2.08. The lowest BCUT2D eigenvalue weighted by Gasteiger charge is -2.21. The highest BCUT2D eigenvalue weighted by Gasteiger charge is 2.17. The Balaban J connectivity index is 3.11. The minimum absolute atomic E-state index is 0.0445. The van der Waals surface area contributed by atoms with E-state index in [0.717, 1.165) is 0 Å². The first-order valence-electron chi connectivity index (χ1n) is 6.89. The first kappa shape index (κ1) is 17.3. The molecule has 0 aliphatic rings. The number of rotatable bonds is 8. The van der Waals surface area contributed by atoms with Gasteiger partial charge in [0.2, 0.25) is 0 Å². The van der Waals surface area contributed by atoms with E-state index < -0.39 is 11.2 Å². The maximum Gasteiger partial charge on any atom is 0.330 e. The molecule has 1 unspecified atom stereocenters. The zero-order chi connectivity index (χ0) is 16.0. The number of aliphatic hydroxyl groups excluding tert-OH is 1. The lowest BCUT2D eigenvalue weighted by Crippen LogP contribution is -2.37. The average Bonchev–Trinajstić information content (AvgIpc) is 2.41. The van der Waals surface area contributed by atoms with Gasteiger partial charge in [0.25, 0.3) is 5.56 Å². The van der Waals surface area contributed by atoms with Crippen molar-refractivity contribution < 1.29 is 9.84 Å². The number of hydrogen-bond donors (Lipinski definition) is 4. The smallest absolute Gasteiger partial charge is 0.330 e. The molecule has 0 aromatic carbocycles. The number of aliphatic hydroxyl groups is 1. The molecule has 1 atom stereocenters. The maximum atomic E-state index is 11.9. The normalized spacial score (nSPS) is 12.6. The predicted octanol–water partition coefficient (Wildman–Crippen LogP) is -0.416. The van der Waals surface area contributed by atoms with Crippen LogP contribution in [-0.2, 0) is 11.3 Å². The molecule has 0 saturated heterocycles. The number of aromatic amines is 1. The number of ether oxygens (including phenoxy) is 1. The molecule has 0 amide bonds. The Morgan fingerprint density at radius 1 is 1.43 bits per heavy atom. The van der Waals surface area contributed by atoms with E-state index in [9.17, 15) is 14.7 Å². The molecule has 0 spiro atoms. The third kappa shape index (κ3) is 4.61. The molecule has 8 heteroatoms. The molecule has 0 saturated carbocycles. The molecule has 0 radical (unpaired) electrons. The van der Waals surface area contributed by atoms with Crippen LogP contribution in [0.15, 0.2) is 9.59 Å². The second-order valence-electron chi connectivity index (χ2n) is 5.32. The zero-order valence-electron chi connectivity index (χ0n) is 12.7. The highest BCUT2D eigenvalue weighted by molar-refractivity contribution is 5.60. The number of nitrogens with two attached hydrogens (primary N) is 1. The van der Waals surface area contributed by atoms with Gasteiger partial charge in [0.15, 0.2) is 0 Å². The Kier molecular flexibility index (Phi) is 6.44. The molecule has 1 aromatic heterocycles. The number of H-pyrrole nitrogens is 1. The number of aromatic nitrogens is 2. The molecule has 1 heterocycles. The first-order valence-corrected chi connectivity index (χ1v) is 6.89. The van der Waals surface area contributed by atoms with Crippen molar-refractivity contribution in [2.24, 2.45) is 5.92 Å². The van der Waals surface area contributed by atoms with Gasteiger partial charge in [-0.15, -0.1) is 0 Å². The van der Waals surface area contributed by atoms with Crippen LogP contribution >= 0.6 is 0 Å². The lowest BCUT2D eigenvalue weighted by atomic mass is 10.0. The Morgan fingerprint density at radius 3 is 2.62 bits per heavy atom. The van der Waals surface area contributed by atoms with Crippen molar-refractivity contribution in [3.8, 4) is 0 Å². The molecule has 120 valence electrons. The van der Waals surface area contributed by atoms with E-state index in [-0.39, 0.29) is 30.7 Å². The second-order valence-corrected chi connectivity index (χ2v) is 5.32. The monoisotopic (exact) mass is 300 g/mol. The Morgan fingerprint density at radius 2 is 2.10 bits per heavy atom. The summed E-state index contributed by atoms with van der Waals surface area (Å²) < 4.78 is 6.15. The van der Waals surface area contributed by atoms with Crippen molar-refractivity contribution in [2.75, 3.05) is 31.4 Å². The summed E-state index contributed by atoms with van der Waals surface area (Å²) in [6.45, 7) is 4.43. The predicted molar refractivity (Wildman–Crippen MR) is 81.6 cm³/mol. The molecule has 8 nitrogen and oxygen atoms in total. The van der Waals surface area contributed by atoms with Crippen molar-refractivity contribution in [1.29, 1.82) is 0 Å². The van der Waals surface area contributed by atoms with Gasteiger partial charge in [-0.3, -0.25) is 14.3 Å². The summed E-state index contributed by atoms with van der Waals surface area (Å²) in [5, 5.41) is 12.3. The van der Waals surface area contributed by atoms with Crippen molar-refractivity contribution in [1.82, 2.24) is 9.55 Å². The topological polar surface area (TPSA) is 122 Å². The summed E-state index contributed by atoms with van der Waals surface area (Å²) in [6.07, 6.45) is 0.673. The van der Waals surface area contributed by atoms with E-state index in [0.29, 0.717) is 18.9 Å². The summed E-state index contributed by atoms with van der Waals surface area (Å²) >= 11 is 0. The van der Waals surface area contributed by atoms with Crippen LogP contribution < -0.4 is 22.3 Å². The van der Waals surface area contributed by atoms with Gasteiger partial charge in [-0.1, -0.05) is 13.8 Å². The highest BCUT2D eigenvalue weighted by Crippen LogP contribution is 2.14. The summed E-state index contributed by atoms with van der Waals surface area (Å²) in [5.41, 5.74) is 4.84. The van der Waals surface area contributed by atoms with Gasteiger partial charge in [0.05, 0.1) is 19.8 Å². The first-order chi connectivity index (χ1) is 9.90. The number of nitrogen functional groups attached to an aromatic ring is 1. The molecule has 1 rings (SSSR count). The van der Waals surface area contributed by atoms with Crippen molar-refractivity contribution in [3.63, 3.8) is 0 Å². The number of methoxy groups -OCH3 is 1. The zero-order valence-corrected chi connectivity index (χ0v) is 12.7. The molecular formula is C13H24N4O4. The fraction of sp³-hybridized carbons (Fsp3) is 0.692. The van der Waals surface area contributed by atoms with Crippen molar-refractivity contribution >= 4 is 11.5 Å². The number of anilines is 2. The quantitative estimate of drug-likeness (QED) is 0.517. The van der Waals surface area contributed by atoms with Gasteiger partial charge < -0.3 is 20.9 Å². The average molecular weight is 300 g/mol. The van der Waals surface area contributed by atoms with Crippen LogP contribution in [0.4, 0.5) is 11.5 Å². The summed E-state index contributed by atoms with van der Waals surface area (Å²) in [4.78, 5) is 25.9. The van der Waals surface area contributed by atoms with Crippen molar-refractivity contribution in [2.45, 2.75) is 32.9 Å². The summed E-state index contributed by atoms with van der Waals surface area (Å²) in [7, 11) is 1.51. The Labute approximate surface area is 122 Å². The Hall–Kier alpha value is -1.80. The molecule has 0 fully saturated rings. The van der Waals surface area contributed by atoms with E-state index >= 15 is 0 Å². The van der Waals surface area contributed by atoms with E-state index in [1.54, 1.807) is 0 Å². The van der Waals surface area contributed by atoms with Gasteiger partial charge in [-0.25, -0.2) is 4.79 Å². The van der Waals surface area contributed by atoms with E-state index in [1.807, 2.05) is 13.8 Å². The standard InChI is InChI=1S/C13H24N4O4/c1-8(2)6-9(7-18)15-10-11(14)17(4-5-21-3)13(20)16-12(10)19/h8-9,15,18H,4-7,14H2,1-3H3,(H,16,19,20). The van der Waals surface area contributed by atoms with Gasteiger partial charge >= 0.3 is 5.69 Å². The van der Waals surface area contributed by atoms with Crippen LogP contribution in [0, 0.1) is 5.92 Å². The second kappa shape index (κ2) is 7.84. The van der Waals surface area contributed by atoms with Crippen molar-refractivity contribution in [3.05, 3.63) is 20.8 Å². The van der Waals surface area contributed by atoms with Crippen LogP contribution in [0.3, 0.4) is 0 Å². The van der Waals surface area contributed by atoms with Gasteiger partial charge in [-0.2, -0.15) is 0 Å². The fourth-order valence-corrected chi connectivity index (χ4v) is 2.08. The third-order valence-corrected chi connectivity index (χ3v) is 3.08. The summed E-state index contributed by atoms with van der Waals surface area (Å²) in [6, 6.07) is -0.304. The molecule has 21 heavy (non-hydrogen) atoms. The number of hydrogen-bond acceptors (Lipinski definition) is 6.